The second-order valence-electron chi connectivity index (χ2n) is 5.28. The second kappa shape index (κ2) is 5.41. The predicted molar refractivity (Wildman–Crippen MR) is 74.3 cm³/mol. The van der Waals surface area contributed by atoms with Gasteiger partial charge in [0.2, 0.25) is 0 Å². The van der Waals surface area contributed by atoms with Crippen LogP contribution in [-0.4, -0.2) is 38.6 Å². The van der Waals surface area contributed by atoms with Crippen molar-refractivity contribution in [1.29, 1.82) is 0 Å². The van der Waals surface area contributed by atoms with Crippen LogP contribution in [0.4, 0.5) is 11.4 Å². The van der Waals surface area contributed by atoms with E-state index in [0.717, 1.165) is 11.6 Å². The Bertz CT molecular complexity index is 337. The molecule has 0 saturated carbocycles. The van der Waals surface area contributed by atoms with Crippen LogP contribution in [-0.2, 0) is 0 Å². The summed E-state index contributed by atoms with van der Waals surface area (Å²) in [5, 5.41) is 0. The Morgan fingerprint density at radius 2 is 1.76 bits per heavy atom. The van der Waals surface area contributed by atoms with E-state index in [2.05, 4.69) is 36.0 Å². The van der Waals surface area contributed by atoms with Crippen molar-refractivity contribution in [3.8, 4) is 0 Å². The highest BCUT2D eigenvalue weighted by atomic mass is 15.1. The number of nitrogen functional groups attached to an aromatic ring is 1. The maximum atomic E-state index is 5.71. The summed E-state index contributed by atoms with van der Waals surface area (Å²) in [5.74, 6) is 0.857. The molecule has 2 N–H and O–H groups in total. The number of nitrogens with two attached hydrogens (primary N) is 1. The number of benzene rings is 1. The first-order chi connectivity index (χ1) is 8.15. The van der Waals surface area contributed by atoms with Crippen LogP contribution in [0.3, 0.4) is 0 Å². The Kier molecular flexibility index (Phi) is 3.89. The standard InChI is InChI=1S/C14H23N3/c1-16(2)11-12-7-9-17(10-8-12)14-5-3-13(15)4-6-14/h3-6,12H,7-11,15H2,1-2H3. The number of piperidine rings is 1. The van der Waals surface area contributed by atoms with Crippen molar-refractivity contribution in [1.82, 2.24) is 4.90 Å². The van der Waals surface area contributed by atoms with Crippen molar-refractivity contribution in [2.45, 2.75) is 12.8 Å². The molecule has 0 radical (unpaired) electrons. The van der Waals surface area contributed by atoms with Gasteiger partial charge < -0.3 is 15.5 Å². The Morgan fingerprint density at radius 3 is 2.29 bits per heavy atom. The molecule has 0 spiro atoms. The van der Waals surface area contributed by atoms with E-state index in [1.165, 1.54) is 38.2 Å². The van der Waals surface area contributed by atoms with Crippen molar-refractivity contribution in [3.63, 3.8) is 0 Å². The lowest BCUT2D eigenvalue weighted by Crippen LogP contribution is -2.37. The minimum atomic E-state index is 0.844. The number of nitrogens with zero attached hydrogens (tertiary/aromatic N) is 2. The quantitative estimate of drug-likeness (QED) is 0.811. The fourth-order valence-corrected chi connectivity index (χ4v) is 2.58. The second-order valence-corrected chi connectivity index (χ2v) is 5.28. The van der Waals surface area contributed by atoms with Gasteiger partial charge >= 0.3 is 0 Å². The van der Waals surface area contributed by atoms with Gasteiger partial charge in [-0.25, -0.2) is 0 Å². The molecule has 3 heteroatoms. The number of hydrogen-bond donors (Lipinski definition) is 1. The number of anilines is 2. The minimum absolute atomic E-state index is 0.844. The molecular formula is C14H23N3. The van der Waals surface area contributed by atoms with Crippen LogP contribution in [0, 0.1) is 5.92 Å². The summed E-state index contributed by atoms with van der Waals surface area (Å²) < 4.78 is 0. The molecule has 0 unspecified atom stereocenters. The van der Waals surface area contributed by atoms with E-state index in [1.54, 1.807) is 0 Å². The Labute approximate surface area is 104 Å². The molecule has 0 atom stereocenters. The molecule has 1 aliphatic heterocycles. The van der Waals surface area contributed by atoms with E-state index in [4.69, 9.17) is 5.73 Å². The molecule has 1 fully saturated rings. The van der Waals surface area contributed by atoms with Gasteiger partial charge in [0, 0.05) is 31.0 Å². The molecule has 1 saturated heterocycles. The van der Waals surface area contributed by atoms with Gasteiger partial charge in [0.1, 0.15) is 0 Å². The molecule has 1 heterocycles. The summed E-state index contributed by atoms with van der Waals surface area (Å²) in [6, 6.07) is 8.23. The van der Waals surface area contributed by atoms with Gasteiger partial charge in [0.05, 0.1) is 0 Å². The van der Waals surface area contributed by atoms with Gasteiger partial charge in [-0.2, -0.15) is 0 Å². The molecule has 2 rings (SSSR count). The van der Waals surface area contributed by atoms with Gasteiger partial charge in [-0.05, 0) is 57.1 Å². The maximum Gasteiger partial charge on any atom is 0.0367 e. The third kappa shape index (κ3) is 3.37. The van der Waals surface area contributed by atoms with Gasteiger partial charge in [-0.15, -0.1) is 0 Å². The van der Waals surface area contributed by atoms with Crippen LogP contribution in [0.2, 0.25) is 0 Å². The molecule has 0 aliphatic carbocycles. The topological polar surface area (TPSA) is 32.5 Å². The lowest BCUT2D eigenvalue weighted by Gasteiger charge is -2.34. The molecule has 1 aromatic carbocycles. The van der Waals surface area contributed by atoms with Crippen molar-refractivity contribution in [2.24, 2.45) is 5.92 Å². The molecular weight excluding hydrogens is 210 g/mol. The maximum absolute atomic E-state index is 5.71. The van der Waals surface area contributed by atoms with Crippen LogP contribution in [0.25, 0.3) is 0 Å². The Morgan fingerprint density at radius 1 is 1.18 bits per heavy atom. The van der Waals surface area contributed by atoms with E-state index in [0.29, 0.717) is 0 Å². The van der Waals surface area contributed by atoms with E-state index in [9.17, 15) is 0 Å². The molecule has 0 amide bonds. The SMILES string of the molecule is CN(C)CC1CCN(c2ccc(N)cc2)CC1. The lowest BCUT2D eigenvalue weighted by atomic mass is 9.96. The van der Waals surface area contributed by atoms with E-state index >= 15 is 0 Å². The Balaban J connectivity index is 1.88. The smallest absolute Gasteiger partial charge is 0.0367 e. The first-order valence-corrected chi connectivity index (χ1v) is 6.40. The van der Waals surface area contributed by atoms with Crippen LogP contribution in [0.5, 0.6) is 0 Å². The van der Waals surface area contributed by atoms with Crippen molar-refractivity contribution in [2.75, 3.05) is 44.4 Å². The molecule has 1 aliphatic rings. The van der Waals surface area contributed by atoms with Gasteiger partial charge in [-0.3, -0.25) is 0 Å². The average molecular weight is 233 g/mol. The third-order valence-corrected chi connectivity index (χ3v) is 3.50. The van der Waals surface area contributed by atoms with E-state index in [1.807, 2.05) is 12.1 Å². The van der Waals surface area contributed by atoms with Crippen molar-refractivity contribution in [3.05, 3.63) is 24.3 Å². The summed E-state index contributed by atoms with van der Waals surface area (Å²) >= 11 is 0. The predicted octanol–water partition coefficient (Wildman–Crippen LogP) is 2.05. The summed E-state index contributed by atoms with van der Waals surface area (Å²) in [7, 11) is 4.32. The molecule has 0 aromatic heterocycles. The zero-order valence-corrected chi connectivity index (χ0v) is 10.9. The van der Waals surface area contributed by atoms with Gasteiger partial charge in [0.15, 0.2) is 0 Å². The van der Waals surface area contributed by atoms with Crippen molar-refractivity contribution >= 4 is 11.4 Å². The van der Waals surface area contributed by atoms with Crippen LogP contribution >= 0.6 is 0 Å². The average Bonchev–Trinajstić information content (AvgIpc) is 2.30. The highest BCUT2D eigenvalue weighted by Crippen LogP contribution is 2.24. The van der Waals surface area contributed by atoms with Gasteiger partial charge in [-0.1, -0.05) is 0 Å². The lowest BCUT2D eigenvalue weighted by molar-refractivity contribution is 0.285. The van der Waals surface area contributed by atoms with E-state index in [-0.39, 0.29) is 0 Å². The summed E-state index contributed by atoms with van der Waals surface area (Å²) in [6.45, 7) is 3.56. The first-order valence-electron chi connectivity index (χ1n) is 6.40. The Hall–Kier alpha value is -1.22. The monoisotopic (exact) mass is 233 g/mol. The summed E-state index contributed by atoms with van der Waals surface area (Å²) in [5.41, 5.74) is 7.86. The first kappa shape index (κ1) is 12.2. The van der Waals surface area contributed by atoms with Gasteiger partial charge in [0.25, 0.3) is 0 Å². The normalized spacial score (nSPS) is 17.7. The molecule has 0 bridgehead atoms. The van der Waals surface area contributed by atoms with Crippen LogP contribution < -0.4 is 10.6 Å². The largest absolute Gasteiger partial charge is 0.399 e. The molecule has 17 heavy (non-hydrogen) atoms. The van der Waals surface area contributed by atoms with Crippen molar-refractivity contribution < 1.29 is 0 Å². The van der Waals surface area contributed by atoms with E-state index < -0.39 is 0 Å². The van der Waals surface area contributed by atoms with Crippen LogP contribution in [0.1, 0.15) is 12.8 Å². The zero-order chi connectivity index (χ0) is 12.3. The number of rotatable bonds is 3. The fraction of sp³-hybridized carbons (Fsp3) is 0.571. The minimum Gasteiger partial charge on any atom is -0.399 e. The van der Waals surface area contributed by atoms with Crippen LogP contribution in [0.15, 0.2) is 24.3 Å². The highest BCUT2D eigenvalue weighted by molar-refractivity contribution is 5.53. The molecule has 3 nitrogen and oxygen atoms in total. The summed E-state index contributed by atoms with van der Waals surface area (Å²) in [6.07, 6.45) is 2.59. The third-order valence-electron chi connectivity index (χ3n) is 3.50. The summed E-state index contributed by atoms with van der Waals surface area (Å²) in [4.78, 5) is 4.76. The fourth-order valence-electron chi connectivity index (χ4n) is 2.58. The zero-order valence-electron chi connectivity index (χ0n) is 10.9. The molecule has 94 valence electrons. The highest BCUT2D eigenvalue weighted by Gasteiger charge is 2.19. The number of hydrogen-bond acceptors (Lipinski definition) is 3. The molecule has 1 aromatic rings.